The van der Waals surface area contributed by atoms with Gasteiger partial charge in [0.05, 0.1) is 0 Å². The number of carboxylic acids is 1. The van der Waals surface area contributed by atoms with Crippen LogP contribution in [0.5, 0.6) is 0 Å². The third-order valence-corrected chi connectivity index (χ3v) is 3.53. The van der Waals surface area contributed by atoms with Crippen LogP contribution >= 0.6 is 0 Å². The maximum absolute atomic E-state index is 10.0. The topological polar surface area (TPSA) is 53.1 Å². The van der Waals surface area contributed by atoms with Crippen LogP contribution in [-0.2, 0) is 6.42 Å². The van der Waals surface area contributed by atoms with Crippen molar-refractivity contribution in [2.75, 3.05) is 0 Å². The van der Waals surface area contributed by atoms with Gasteiger partial charge >= 0.3 is 5.97 Å². The first kappa shape index (κ1) is 13.2. The average molecular weight is 277 g/mol. The first-order valence-electron chi connectivity index (χ1n) is 6.78. The standard InChI is InChI=1S/C13H10.C5H5NO2/c1-3-7-12-10(5-1)9-11-6-2-4-8-13(11)12;7-5(8)4-2-1-3-6-4/h1-8H,9H2;1-3,6H,(H,7,8). The van der Waals surface area contributed by atoms with Crippen LogP contribution < -0.4 is 0 Å². The van der Waals surface area contributed by atoms with E-state index in [0.29, 0.717) is 0 Å². The summed E-state index contributed by atoms with van der Waals surface area (Å²) in [4.78, 5) is 12.6. The molecule has 1 heterocycles. The number of hydrogen-bond donors (Lipinski definition) is 2. The molecule has 2 aromatic carbocycles. The number of hydrogen-bond acceptors (Lipinski definition) is 1. The molecular weight excluding hydrogens is 262 g/mol. The van der Waals surface area contributed by atoms with Crippen molar-refractivity contribution in [3.8, 4) is 11.1 Å². The summed E-state index contributed by atoms with van der Waals surface area (Å²) in [5.74, 6) is -0.921. The van der Waals surface area contributed by atoms with Gasteiger partial charge in [-0.15, -0.1) is 0 Å². The number of fused-ring (bicyclic) bond motifs is 3. The van der Waals surface area contributed by atoms with Crippen LogP contribution in [0.4, 0.5) is 0 Å². The Morgan fingerprint density at radius 3 is 1.86 bits per heavy atom. The third-order valence-electron chi connectivity index (χ3n) is 3.53. The number of carbonyl (C=O) groups is 1. The van der Waals surface area contributed by atoms with Gasteiger partial charge in [0.25, 0.3) is 0 Å². The van der Waals surface area contributed by atoms with Gasteiger partial charge in [0.2, 0.25) is 0 Å². The van der Waals surface area contributed by atoms with Crippen molar-refractivity contribution < 1.29 is 9.90 Å². The molecule has 0 unspecified atom stereocenters. The monoisotopic (exact) mass is 277 g/mol. The van der Waals surface area contributed by atoms with E-state index in [1.54, 1.807) is 12.3 Å². The molecule has 1 aromatic heterocycles. The van der Waals surface area contributed by atoms with Crippen molar-refractivity contribution in [3.63, 3.8) is 0 Å². The third kappa shape index (κ3) is 2.72. The molecule has 0 amide bonds. The number of nitrogens with one attached hydrogen (secondary N) is 1. The minimum absolute atomic E-state index is 0.227. The number of aromatic amines is 1. The largest absolute Gasteiger partial charge is 0.477 e. The highest BCUT2D eigenvalue weighted by Gasteiger charge is 2.15. The molecule has 3 heteroatoms. The van der Waals surface area contributed by atoms with Crippen LogP contribution in [0, 0.1) is 0 Å². The number of aromatic nitrogens is 1. The van der Waals surface area contributed by atoms with Crippen LogP contribution in [-0.4, -0.2) is 16.1 Å². The summed E-state index contributed by atoms with van der Waals surface area (Å²) < 4.78 is 0. The zero-order valence-corrected chi connectivity index (χ0v) is 11.4. The predicted molar refractivity (Wildman–Crippen MR) is 82.4 cm³/mol. The van der Waals surface area contributed by atoms with Crippen LogP contribution in [0.2, 0.25) is 0 Å². The van der Waals surface area contributed by atoms with Gasteiger partial charge in [-0.05, 0) is 40.8 Å². The summed E-state index contributed by atoms with van der Waals surface area (Å²) in [6.07, 6.45) is 2.68. The molecule has 2 N–H and O–H groups in total. The molecule has 0 atom stereocenters. The zero-order valence-electron chi connectivity index (χ0n) is 11.4. The van der Waals surface area contributed by atoms with Crippen molar-refractivity contribution in [2.24, 2.45) is 0 Å². The van der Waals surface area contributed by atoms with Crippen molar-refractivity contribution >= 4 is 5.97 Å². The first-order chi connectivity index (χ1) is 10.3. The van der Waals surface area contributed by atoms with E-state index in [1.165, 1.54) is 28.3 Å². The zero-order chi connectivity index (χ0) is 14.7. The number of H-pyrrole nitrogens is 1. The van der Waals surface area contributed by atoms with Gasteiger partial charge in [-0.1, -0.05) is 48.5 Å². The molecule has 0 saturated heterocycles. The second kappa shape index (κ2) is 5.67. The summed E-state index contributed by atoms with van der Waals surface area (Å²) in [7, 11) is 0. The van der Waals surface area contributed by atoms with E-state index < -0.39 is 5.97 Å². The highest BCUT2D eigenvalue weighted by molar-refractivity contribution is 5.85. The van der Waals surface area contributed by atoms with E-state index in [1.807, 2.05) is 0 Å². The number of carboxylic acid groups (broad SMARTS) is 1. The van der Waals surface area contributed by atoms with Crippen molar-refractivity contribution in [2.45, 2.75) is 6.42 Å². The maximum Gasteiger partial charge on any atom is 0.352 e. The smallest absolute Gasteiger partial charge is 0.352 e. The summed E-state index contributed by atoms with van der Waals surface area (Å²) in [5, 5.41) is 8.24. The molecule has 0 bridgehead atoms. The van der Waals surface area contributed by atoms with Gasteiger partial charge in [0, 0.05) is 6.20 Å². The van der Waals surface area contributed by atoms with E-state index in [4.69, 9.17) is 5.11 Å². The quantitative estimate of drug-likeness (QED) is 0.553. The predicted octanol–water partition coefficient (Wildman–Crippen LogP) is 3.97. The Morgan fingerprint density at radius 1 is 0.857 bits per heavy atom. The molecule has 0 aliphatic heterocycles. The summed E-state index contributed by atoms with van der Waals surface area (Å²) >= 11 is 0. The van der Waals surface area contributed by atoms with Crippen LogP contribution in [0.15, 0.2) is 66.9 Å². The Balaban J connectivity index is 0.000000143. The highest BCUT2D eigenvalue weighted by Crippen LogP contribution is 2.35. The van der Waals surface area contributed by atoms with E-state index in [2.05, 4.69) is 53.5 Å². The van der Waals surface area contributed by atoms with Crippen LogP contribution in [0.3, 0.4) is 0 Å². The average Bonchev–Trinajstić information content (AvgIpc) is 3.15. The molecule has 0 radical (unpaired) electrons. The summed E-state index contributed by atoms with van der Waals surface area (Å²) in [6.45, 7) is 0. The van der Waals surface area contributed by atoms with Gasteiger partial charge in [0.15, 0.2) is 0 Å². The first-order valence-corrected chi connectivity index (χ1v) is 6.78. The fourth-order valence-electron chi connectivity index (χ4n) is 2.54. The Kier molecular flexibility index (Phi) is 3.56. The number of rotatable bonds is 1. The molecule has 104 valence electrons. The Morgan fingerprint density at radius 2 is 1.43 bits per heavy atom. The lowest BCUT2D eigenvalue weighted by atomic mass is 10.1. The molecule has 0 fully saturated rings. The normalized spacial score (nSPS) is 11.0. The van der Waals surface area contributed by atoms with Gasteiger partial charge in [-0.2, -0.15) is 0 Å². The van der Waals surface area contributed by atoms with E-state index in [-0.39, 0.29) is 5.69 Å². The van der Waals surface area contributed by atoms with Gasteiger partial charge in [0.1, 0.15) is 5.69 Å². The van der Waals surface area contributed by atoms with Crippen LogP contribution in [0.1, 0.15) is 21.6 Å². The van der Waals surface area contributed by atoms with Gasteiger partial charge in [-0.25, -0.2) is 4.79 Å². The maximum atomic E-state index is 10.0. The molecule has 4 rings (SSSR count). The fraction of sp³-hybridized carbons (Fsp3) is 0.0556. The molecular formula is C18H15NO2. The van der Waals surface area contributed by atoms with Crippen molar-refractivity contribution in [3.05, 3.63) is 83.7 Å². The Hall–Kier alpha value is -2.81. The van der Waals surface area contributed by atoms with Gasteiger partial charge in [-0.3, -0.25) is 0 Å². The van der Waals surface area contributed by atoms with E-state index in [9.17, 15) is 4.79 Å². The minimum atomic E-state index is -0.921. The van der Waals surface area contributed by atoms with E-state index in [0.717, 1.165) is 6.42 Å². The Labute approximate surface area is 122 Å². The van der Waals surface area contributed by atoms with E-state index >= 15 is 0 Å². The second-order valence-corrected chi connectivity index (χ2v) is 4.88. The summed E-state index contributed by atoms with van der Waals surface area (Å²) in [5.41, 5.74) is 5.98. The minimum Gasteiger partial charge on any atom is -0.477 e. The molecule has 3 nitrogen and oxygen atoms in total. The van der Waals surface area contributed by atoms with Gasteiger partial charge < -0.3 is 10.1 Å². The molecule has 3 aromatic rings. The second-order valence-electron chi connectivity index (χ2n) is 4.88. The van der Waals surface area contributed by atoms with Crippen molar-refractivity contribution in [1.29, 1.82) is 0 Å². The molecule has 0 spiro atoms. The number of aromatic carboxylic acids is 1. The lowest BCUT2D eigenvalue weighted by Crippen LogP contribution is -1.94. The summed E-state index contributed by atoms with van der Waals surface area (Å²) in [6, 6.07) is 20.5. The number of benzene rings is 2. The SMILES string of the molecule is O=C(O)c1ccc[nH]1.c1ccc2c(c1)Cc1ccccc1-2. The van der Waals surface area contributed by atoms with Crippen molar-refractivity contribution in [1.82, 2.24) is 4.98 Å². The Bertz CT molecular complexity index is 717. The molecule has 21 heavy (non-hydrogen) atoms. The van der Waals surface area contributed by atoms with Crippen LogP contribution in [0.25, 0.3) is 11.1 Å². The molecule has 1 aliphatic carbocycles. The highest BCUT2D eigenvalue weighted by atomic mass is 16.4. The molecule has 0 saturated carbocycles. The fourth-order valence-corrected chi connectivity index (χ4v) is 2.54. The lowest BCUT2D eigenvalue weighted by Gasteiger charge is -1.98. The lowest BCUT2D eigenvalue weighted by molar-refractivity contribution is 0.0691. The molecule has 1 aliphatic rings.